The normalized spacial score (nSPS) is 18.5. The first kappa shape index (κ1) is 32.7. The van der Waals surface area contributed by atoms with Crippen molar-refractivity contribution in [3.05, 3.63) is 39.8 Å². The number of nitrogens with one attached hydrogen (secondary N) is 3. The molecule has 2 aromatic heterocycles. The highest BCUT2D eigenvalue weighted by Crippen LogP contribution is 2.37. The average Bonchev–Trinajstić information content (AvgIpc) is 3.45. The van der Waals surface area contributed by atoms with Crippen LogP contribution in [-0.4, -0.2) is 73.5 Å². The maximum atomic E-state index is 13.6. The summed E-state index contributed by atoms with van der Waals surface area (Å²) >= 11 is 10.2. The van der Waals surface area contributed by atoms with Crippen LogP contribution in [0.1, 0.15) is 66.4 Å². The summed E-state index contributed by atoms with van der Waals surface area (Å²) in [5.41, 5.74) is -0.0709. The van der Waals surface area contributed by atoms with E-state index in [1.54, 1.807) is 53.9 Å². The van der Waals surface area contributed by atoms with Crippen LogP contribution in [-0.2, 0) is 20.8 Å². The van der Waals surface area contributed by atoms with Gasteiger partial charge in [-0.05, 0) is 72.9 Å². The monoisotopic (exact) mass is 704 g/mol. The van der Waals surface area contributed by atoms with E-state index in [0.29, 0.717) is 35.7 Å². The van der Waals surface area contributed by atoms with Gasteiger partial charge in [0.1, 0.15) is 23.1 Å². The number of benzene rings is 1. The van der Waals surface area contributed by atoms with Gasteiger partial charge in [0, 0.05) is 33.3 Å². The fourth-order valence-corrected chi connectivity index (χ4v) is 6.02. The second-order valence-corrected chi connectivity index (χ2v) is 14.7. The Bertz CT molecular complexity index is 1630. The van der Waals surface area contributed by atoms with Crippen LogP contribution >= 0.6 is 27.5 Å². The van der Waals surface area contributed by atoms with Crippen molar-refractivity contribution in [2.45, 2.75) is 90.1 Å². The van der Waals surface area contributed by atoms with Gasteiger partial charge >= 0.3 is 12.2 Å². The molecule has 3 N–H and O–H groups in total. The second kappa shape index (κ2) is 12.3. The molecule has 1 aliphatic carbocycles. The topological polar surface area (TPSA) is 153 Å². The van der Waals surface area contributed by atoms with E-state index in [0.717, 1.165) is 28.6 Å². The zero-order valence-corrected chi connectivity index (χ0v) is 28.5. The zero-order valence-electron chi connectivity index (χ0n) is 26.2. The molecule has 1 saturated heterocycles. The number of hydrogen-bond acceptors (Lipinski definition) is 9. The number of rotatable bonds is 7. The van der Waals surface area contributed by atoms with Gasteiger partial charge in [0.2, 0.25) is 5.91 Å². The van der Waals surface area contributed by atoms with Crippen molar-refractivity contribution in [3.8, 4) is 0 Å². The molecule has 1 aliphatic heterocycles. The molecule has 0 unspecified atom stereocenters. The molecule has 3 heterocycles. The Morgan fingerprint density at radius 2 is 1.73 bits per heavy atom. The lowest BCUT2D eigenvalue weighted by Gasteiger charge is -2.31. The van der Waals surface area contributed by atoms with Gasteiger partial charge in [0.05, 0.1) is 19.4 Å². The first-order chi connectivity index (χ1) is 21.0. The van der Waals surface area contributed by atoms with E-state index in [1.165, 1.54) is 6.33 Å². The molecule has 1 aromatic carbocycles. The molecule has 15 heteroatoms. The number of imidazole rings is 1. The molecule has 0 bridgehead atoms. The van der Waals surface area contributed by atoms with Crippen molar-refractivity contribution in [3.63, 3.8) is 0 Å². The fourth-order valence-electron chi connectivity index (χ4n) is 5.10. The predicted molar refractivity (Wildman–Crippen MR) is 174 cm³/mol. The lowest BCUT2D eigenvalue weighted by molar-refractivity contribution is -0.127. The summed E-state index contributed by atoms with van der Waals surface area (Å²) in [5, 5.41) is 9.12. The summed E-state index contributed by atoms with van der Waals surface area (Å²) in [6.07, 6.45) is 3.87. The van der Waals surface area contributed by atoms with E-state index in [1.807, 2.05) is 15.5 Å². The van der Waals surface area contributed by atoms with Crippen molar-refractivity contribution < 1.29 is 23.9 Å². The summed E-state index contributed by atoms with van der Waals surface area (Å²) in [7, 11) is 0. The van der Waals surface area contributed by atoms with Crippen LogP contribution in [0.15, 0.2) is 29.3 Å². The molecule has 2 aliphatic rings. The number of ether oxygens (including phenoxy) is 2. The molecule has 5 rings (SSSR count). The molecule has 0 spiro atoms. The maximum Gasteiger partial charge on any atom is 0.413 e. The van der Waals surface area contributed by atoms with Crippen molar-refractivity contribution >= 4 is 68.3 Å². The van der Waals surface area contributed by atoms with E-state index in [9.17, 15) is 14.4 Å². The molecule has 13 nitrogen and oxygen atoms in total. The Morgan fingerprint density at radius 1 is 1.04 bits per heavy atom. The quantitative estimate of drug-likeness (QED) is 0.294. The largest absolute Gasteiger partial charge is 0.444 e. The first-order valence-corrected chi connectivity index (χ1v) is 15.9. The molecule has 3 aromatic rings. The minimum absolute atomic E-state index is 0.117. The number of carbonyl (C=O) groups is 3. The molecular formula is C30H38BrClN8O5. The van der Waals surface area contributed by atoms with Gasteiger partial charge in [-0.2, -0.15) is 0 Å². The Kier molecular flexibility index (Phi) is 8.93. The van der Waals surface area contributed by atoms with E-state index in [2.05, 4.69) is 46.8 Å². The third-order valence-corrected chi connectivity index (χ3v) is 8.11. The number of alkyl carbamates (subject to hydrolysis) is 1. The standard InChI is InChI=1S/C30H38BrClN8O5/c1-28(2,3)44-26(42)37-23-22-24(34-15-33-23)40(16-35-22)13-19-20(31)11-17(32)12-21(19)39-10-9-30(14-39,25(41)36-18-7-8-18)38-27(43)45-29(4,5)6/h11-12,15-16,18H,7-10,13-14H2,1-6H3,(H,36,41)(H,38,43)(H,33,34,37,42)/t30-/m1/s1. The summed E-state index contributed by atoms with van der Waals surface area (Å²) in [6, 6.07) is 3.76. The van der Waals surface area contributed by atoms with Gasteiger partial charge < -0.3 is 29.6 Å². The maximum absolute atomic E-state index is 13.6. The van der Waals surface area contributed by atoms with Gasteiger partial charge in [-0.3, -0.25) is 10.1 Å². The number of anilines is 2. The fraction of sp³-hybridized carbons (Fsp3) is 0.533. The smallest absolute Gasteiger partial charge is 0.413 e. The molecule has 1 atom stereocenters. The van der Waals surface area contributed by atoms with E-state index in [4.69, 9.17) is 21.1 Å². The SMILES string of the molecule is CC(C)(C)OC(=O)Nc1ncnc2c1ncn2Cc1c(Br)cc(Cl)cc1N1CC[C@](NC(=O)OC(C)(C)C)(C(=O)NC2CC2)C1. The highest BCUT2D eigenvalue weighted by atomic mass is 79.9. The lowest BCUT2D eigenvalue weighted by Crippen LogP contribution is -2.61. The minimum Gasteiger partial charge on any atom is -0.444 e. The molecule has 0 radical (unpaired) electrons. The van der Waals surface area contributed by atoms with Crippen LogP contribution in [0.25, 0.3) is 11.2 Å². The van der Waals surface area contributed by atoms with Crippen LogP contribution in [0.2, 0.25) is 5.02 Å². The van der Waals surface area contributed by atoms with Crippen LogP contribution in [0.5, 0.6) is 0 Å². The Balaban J connectivity index is 1.43. The molecule has 3 amide bonds. The number of aromatic nitrogens is 4. The molecule has 2 fully saturated rings. The summed E-state index contributed by atoms with van der Waals surface area (Å²) < 4.78 is 13.5. The van der Waals surface area contributed by atoms with Crippen LogP contribution in [0.3, 0.4) is 0 Å². The molecule has 1 saturated carbocycles. The van der Waals surface area contributed by atoms with Crippen LogP contribution in [0.4, 0.5) is 21.1 Å². The number of carbonyl (C=O) groups excluding carboxylic acids is 3. The zero-order chi connectivity index (χ0) is 32.7. The highest BCUT2D eigenvalue weighted by molar-refractivity contribution is 9.10. The van der Waals surface area contributed by atoms with E-state index in [-0.39, 0.29) is 24.3 Å². The number of nitrogens with zero attached hydrogens (tertiary/aromatic N) is 5. The number of halogens is 2. The third kappa shape index (κ3) is 7.96. The minimum atomic E-state index is -1.20. The number of hydrogen-bond donors (Lipinski definition) is 3. The van der Waals surface area contributed by atoms with Crippen molar-refractivity contribution in [2.75, 3.05) is 23.3 Å². The van der Waals surface area contributed by atoms with Gasteiger partial charge in [-0.1, -0.05) is 27.5 Å². The summed E-state index contributed by atoms with van der Waals surface area (Å²) in [4.78, 5) is 54.1. The van der Waals surface area contributed by atoms with Crippen molar-refractivity contribution in [1.29, 1.82) is 0 Å². The predicted octanol–water partition coefficient (Wildman–Crippen LogP) is 5.39. The molecular weight excluding hydrogens is 668 g/mol. The number of amides is 3. The summed E-state index contributed by atoms with van der Waals surface area (Å²) in [6.45, 7) is 11.7. The van der Waals surface area contributed by atoms with Crippen molar-refractivity contribution in [1.82, 2.24) is 30.2 Å². The van der Waals surface area contributed by atoms with Gasteiger partial charge in [-0.15, -0.1) is 0 Å². The Labute approximate surface area is 274 Å². The summed E-state index contributed by atoms with van der Waals surface area (Å²) in [5.74, 6) is -0.00839. The van der Waals surface area contributed by atoms with Crippen LogP contribution in [0, 0.1) is 0 Å². The van der Waals surface area contributed by atoms with Crippen molar-refractivity contribution in [2.24, 2.45) is 0 Å². The van der Waals surface area contributed by atoms with Crippen LogP contribution < -0.4 is 20.9 Å². The highest BCUT2D eigenvalue weighted by Gasteiger charge is 2.48. The molecule has 242 valence electrons. The van der Waals surface area contributed by atoms with E-state index < -0.39 is 28.9 Å². The average molecular weight is 706 g/mol. The first-order valence-electron chi connectivity index (χ1n) is 14.7. The van der Waals surface area contributed by atoms with E-state index >= 15 is 0 Å². The van der Waals surface area contributed by atoms with Gasteiger partial charge in [0.25, 0.3) is 0 Å². The number of fused-ring (bicyclic) bond motifs is 1. The third-order valence-electron chi connectivity index (χ3n) is 7.18. The Morgan fingerprint density at radius 3 is 2.40 bits per heavy atom. The second-order valence-electron chi connectivity index (χ2n) is 13.4. The molecule has 45 heavy (non-hydrogen) atoms. The van der Waals surface area contributed by atoms with Gasteiger partial charge in [-0.25, -0.2) is 24.5 Å². The Hall–Kier alpha value is -3.65. The lowest BCUT2D eigenvalue weighted by atomic mass is 9.97. The van der Waals surface area contributed by atoms with Gasteiger partial charge in [0.15, 0.2) is 17.0 Å².